The first-order valence-electron chi connectivity index (χ1n) is 10.2. The molecule has 2 aromatic heterocycles. The van der Waals surface area contributed by atoms with Gasteiger partial charge in [0.15, 0.2) is 0 Å². The molecule has 1 aliphatic rings. The summed E-state index contributed by atoms with van der Waals surface area (Å²) in [6, 6.07) is 8.70. The number of amides is 1. The zero-order valence-electron chi connectivity index (χ0n) is 16.3. The molecule has 1 atom stereocenters. The molecule has 0 aliphatic carbocycles. The predicted octanol–water partition coefficient (Wildman–Crippen LogP) is 3.70. The maximum atomic E-state index is 12.4. The molecule has 1 aromatic carbocycles. The third kappa shape index (κ3) is 3.86. The van der Waals surface area contributed by atoms with Gasteiger partial charge in [0.05, 0.1) is 5.56 Å². The molecule has 3 heterocycles. The van der Waals surface area contributed by atoms with Gasteiger partial charge in [0.2, 0.25) is 5.95 Å². The number of nitrogens with zero attached hydrogens (tertiary/aromatic N) is 3. The summed E-state index contributed by atoms with van der Waals surface area (Å²) in [7, 11) is 0. The van der Waals surface area contributed by atoms with E-state index < -0.39 is 0 Å². The van der Waals surface area contributed by atoms with E-state index in [-0.39, 0.29) is 5.91 Å². The van der Waals surface area contributed by atoms with Crippen molar-refractivity contribution in [3.63, 3.8) is 0 Å². The molecule has 3 aromatic rings. The molecule has 0 saturated carbocycles. The average Bonchev–Trinajstić information content (AvgIpc) is 3.17. The Morgan fingerprint density at radius 1 is 1.25 bits per heavy atom. The van der Waals surface area contributed by atoms with Crippen LogP contribution in [0.1, 0.15) is 48.5 Å². The highest BCUT2D eigenvalue weighted by atomic mass is 16.1. The third-order valence-corrected chi connectivity index (χ3v) is 5.61. The molecule has 6 nitrogen and oxygen atoms in total. The van der Waals surface area contributed by atoms with E-state index in [0.717, 1.165) is 30.9 Å². The Hall–Kier alpha value is -2.89. The normalized spacial score (nSPS) is 17.0. The van der Waals surface area contributed by atoms with Crippen molar-refractivity contribution in [1.82, 2.24) is 20.3 Å². The second kappa shape index (κ2) is 8.42. The summed E-state index contributed by atoms with van der Waals surface area (Å²) in [6.45, 7) is 3.78. The van der Waals surface area contributed by atoms with Crippen molar-refractivity contribution in [3.8, 4) is 0 Å². The van der Waals surface area contributed by atoms with Crippen LogP contribution in [0, 0.1) is 0 Å². The van der Waals surface area contributed by atoms with Gasteiger partial charge in [0.1, 0.15) is 0 Å². The topological polar surface area (TPSA) is 73.9 Å². The Bertz CT molecular complexity index is 934. The van der Waals surface area contributed by atoms with E-state index in [1.807, 2.05) is 18.3 Å². The molecule has 0 radical (unpaired) electrons. The molecule has 146 valence electrons. The Kier molecular flexibility index (Phi) is 5.55. The van der Waals surface area contributed by atoms with Crippen molar-refractivity contribution in [1.29, 1.82) is 0 Å². The fourth-order valence-electron chi connectivity index (χ4n) is 4.03. The Balaban J connectivity index is 1.34. The number of benzene rings is 1. The van der Waals surface area contributed by atoms with E-state index in [2.05, 4.69) is 44.2 Å². The lowest BCUT2D eigenvalue weighted by molar-refractivity contribution is 0.0953. The molecule has 1 unspecified atom stereocenters. The van der Waals surface area contributed by atoms with Gasteiger partial charge in [-0.15, -0.1) is 0 Å². The van der Waals surface area contributed by atoms with E-state index in [1.165, 1.54) is 30.2 Å². The number of para-hydroxylation sites is 1. The number of anilines is 1. The van der Waals surface area contributed by atoms with Crippen LogP contribution in [0.2, 0.25) is 0 Å². The number of nitrogens with one attached hydrogen (secondary N) is 2. The summed E-state index contributed by atoms with van der Waals surface area (Å²) in [5.41, 5.74) is 2.84. The number of piperidine rings is 1. The third-order valence-electron chi connectivity index (χ3n) is 5.61. The molecule has 4 rings (SSSR count). The highest BCUT2D eigenvalue weighted by molar-refractivity contribution is 5.93. The molecular weight excluding hydrogens is 350 g/mol. The van der Waals surface area contributed by atoms with E-state index >= 15 is 0 Å². The van der Waals surface area contributed by atoms with E-state index in [1.54, 1.807) is 12.4 Å². The van der Waals surface area contributed by atoms with E-state index in [4.69, 9.17) is 0 Å². The number of aromatic nitrogens is 3. The zero-order valence-corrected chi connectivity index (χ0v) is 16.3. The van der Waals surface area contributed by atoms with Crippen LogP contribution < -0.4 is 10.2 Å². The minimum absolute atomic E-state index is 0.128. The van der Waals surface area contributed by atoms with Gasteiger partial charge in [0, 0.05) is 48.6 Å². The first-order chi connectivity index (χ1) is 13.8. The average molecular weight is 377 g/mol. The predicted molar refractivity (Wildman–Crippen MR) is 112 cm³/mol. The first kappa shape index (κ1) is 18.5. The van der Waals surface area contributed by atoms with Crippen LogP contribution in [0.4, 0.5) is 5.95 Å². The van der Waals surface area contributed by atoms with Gasteiger partial charge in [-0.25, -0.2) is 9.97 Å². The number of hydrogen-bond donors (Lipinski definition) is 2. The van der Waals surface area contributed by atoms with Crippen molar-refractivity contribution >= 4 is 22.8 Å². The van der Waals surface area contributed by atoms with Gasteiger partial charge in [-0.3, -0.25) is 4.79 Å². The molecule has 28 heavy (non-hydrogen) atoms. The van der Waals surface area contributed by atoms with Gasteiger partial charge in [0.25, 0.3) is 5.91 Å². The summed E-state index contributed by atoms with van der Waals surface area (Å²) in [6.07, 6.45) is 10.8. The number of carbonyl (C=O) groups excluding carboxylic acids is 1. The van der Waals surface area contributed by atoms with Gasteiger partial charge in [-0.2, -0.15) is 0 Å². The van der Waals surface area contributed by atoms with Crippen molar-refractivity contribution in [2.45, 2.75) is 45.1 Å². The number of hydrogen-bond acceptors (Lipinski definition) is 4. The van der Waals surface area contributed by atoms with Crippen molar-refractivity contribution in [2.75, 3.05) is 18.0 Å². The summed E-state index contributed by atoms with van der Waals surface area (Å²) >= 11 is 0. The molecule has 1 aliphatic heterocycles. The van der Waals surface area contributed by atoms with Crippen LogP contribution in [0.3, 0.4) is 0 Å². The Morgan fingerprint density at radius 2 is 2.07 bits per heavy atom. The first-order valence-corrected chi connectivity index (χ1v) is 10.2. The SMILES string of the molecule is CCC1CCCCN1c1ncc(C(=O)NCCc2c[nH]c3ccccc23)cn1. The number of aromatic amines is 1. The minimum atomic E-state index is -0.128. The van der Waals surface area contributed by atoms with Crippen LogP contribution in [-0.4, -0.2) is 40.0 Å². The van der Waals surface area contributed by atoms with Crippen molar-refractivity contribution in [2.24, 2.45) is 0 Å². The summed E-state index contributed by atoms with van der Waals surface area (Å²) in [5, 5.41) is 4.18. The van der Waals surface area contributed by atoms with Gasteiger partial charge < -0.3 is 15.2 Å². The Morgan fingerprint density at radius 3 is 2.89 bits per heavy atom. The van der Waals surface area contributed by atoms with Crippen LogP contribution in [0.15, 0.2) is 42.9 Å². The zero-order chi connectivity index (χ0) is 19.3. The Labute approximate surface area is 165 Å². The summed E-state index contributed by atoms with van der Waals surface area (Å²) in [5.74, 6) is 0.610. The molecule has 1 saturated heterocycles. The molecule has 0 spiro atoms. The quantitative estimate of drug-likeness (QED) is 0.687. The lowest BCUT2D eigenvalue weighted by atomic mass is 10.0. The van der Waals surface area contributed by atoms with E-state index in [0.29, 0.717) is 18.2 Å². The highest BCUT2D eigenvalue weighted by Crippen LogP contribution is 2.23. The molecular formula is C22H27N5O. The van der Waals surface area contributed by atoms with E-state index in [9.17, 15) is 4.79 Å². The fraction of sp³-hybridized carbons (Fsp3) is 0.409. The van der Waals surface area contributed by atoms with Crippen LogP contribution >= 0.6 is 0 Å². The number of carbonyl (C=O) groups is 1. The maximum absolute atomic E-state index is 12.4. The van der Waals surface area contributed by atoms with Crippen molar-refractivity contribution in [3.05, 3.63) is 54.0 Å². The monoisotopic (exact) mass is 377 g/mol. The molecule has 2 N–H and O–H groups in total. The molecule has 1 amide bonds. The standard InChI is InChI=1S/C22H27N5O/c1-2-18-7-5-6-12-27(18)22-25-14-17(15-26-22)21(28)23-11-10-16-13-24-20-9-4-3-8-19(16)20/h3-4,8-9,13-15,18,24H,2,5-7,10-12H2,1H3,(H,23,28). The van der Waals surface area contributed by atoms with Crippen LogP contribution in [-0.2, 0) is 6.42 Å². The fourth-order valence-corrected chi connectivity index (χ4v) is 4.03. The molecule has 1 fully saturated rings. The maximum Gasteiger partial charge on any atom is 0.254 e. The number of H-pyrrole nitrogens is 1. The smallest absolute Gasteiger partial charge is 0.254 e. The number of fused-ring (bicyclic) bond motifs is 1. The molecule has 0 bridgehead atoms. The van der Waals surface area contributed by atoms with Crippen molar-refractivity contribution < 1.29 is 4.79 Å². The second-order valence-electron chi connectivity index (χ2n) is 7.39. The lowest BCUT2D eigenvalue weighted by Gasteiger charge is -2.35. The molecule has 6 heteroatoms. The lowest BCUT2D eigenvalue weighted by Crippen LogP contribution is -2.40. The van der Waals surface area contributed by atoms with Gasteiger partial charge in [-0.1, -0.05) is 25.1 Å². The van der Waals surface area contributed by atoms with Crippen LogP contribution in [0.5, 0.6) is 0 Å². The summed E-state index contributed by atoms with van der Waals surface area (Å²) < 4.78 is 0. The highest BCUT2D eigenvalue weighted by Gasteiger charge is 2.23. The minimum Gasteiger partial charge on any atom is -0.361 e. The largest absolute Gasteiger partial charge is 0.361 e. The van der Waals surface area contributed by atoms with Gasteiger partial charge >= 0.3 is 0 Å². The number of rotatable bonds is 6. The van der Waals surface area contributed by atoms with Gasteiger partial charge in [-0.05, 0) is 43.7 Å². The van der Waals surface area contributed by atoms with Crippen LogP contribution in [0.25, 0.3) is 10.9 Å². The second-order valence-corrected chi connectivity index (χ2v) is 7.39. The summed E-state index contributed by atoms with van der Waals surface area (Å²) in [4.78, 5) is 26.9.